The van der Waals surface area contributed by atoms with Crippen LogP contribution in [0.4, 0.5) is 0 Å². The first-order valence-electron chi connectivity index (χ1n) is 6.60. The zero-order valence-electron chi connectivity index (χ0n) is 11.5. The lowest BCUT2D eigenvalue weighted by molar-refractivity contribution is -0.0697. The van der Waals surface area contributed by atoms with Gasteiger partial charge < -0.3 is 9.47 Å². The SMILES string of the molecule is COCCCOC1(CC(C)(C)C)CCCC1. The summed E-state index contributed by atoms with van der Waals surface area (Å²) in [4.78, 5) is 0. The van der Waals surface area contributed by atoms with Gasteiger partial charge in [0.25, 0.3) is 0 Å². The van der Waals surface area contributed by atoms with Gasteiger partial charge in [0.05, 0.1) is 5.60 Å². The van der Waals surface area contributed by atoms with E-state index in [1.807, 2.05) is 0 Å². The molecule has 0 atom stereocenters. The van der Waals surface area contributed by atoms with Crippen LogP contribution in [-0.4, -0.2) is 25.9 Å². The van der Waals surface area contributed by atoms with Crippen molar-refractivity contribution in [1.29, 1.82) is 0 Å². The Morgan fingerprint density at radius 3 is 2.19 bits per heavy atom. The van der Waals surface area contributed by atoms with E-state index >= 15 is 0 Å². The van der Waals surface area contributed by atoms with Crippen LogP contribution in [0.2, 0.25) is 0 Å². The third-order valence-corrected chi connectivity index (χ3v) is 3.27. The Balaban J connectivity index is 2.39. The van der Waals surface area contributed by atoms with Crippen molar-refractivity contribution in [1.82, 2.24) is 0 Å². The predicted molar refractivity (Wildman–Crippen MR) is 67.7 cm³/mol. The Kier molecular flexibility index (Phi) is 5.26. The molecule has 2 nitrogen and oxygen atoms in total. The fraction of sp³-hybridized carbons (Fsp3) is 1.00. The molecule has 0 N–H and O–H groups in total. The van der Waals surface area contributed by atoms with Gasteiger partial charge in [-0.15, -0.1) is 0 Å². The molecular weight excluding hydrogens is 200 g/mol. The van der Waals surface area contributed by atoms with Crippen LogP contribution in [0.3, 0.4) is 0 Å². The first-order valence-corrected chi connectivity index (χ1v) is 6.60. The van der Waals surface area contributed by atoms with Crippen LogP contribution in [0.15, 0.2) is 0 Å². The Labute approximate surface area is 101 Å². The Morgan fingerprint density at radius 1 is 1.06 bits per heavy atom. The molecule has 0 aromatic carbocycles. The molecular formula is C14H28O2. The first kappa shape index (κ1) is 14.0. The summed E-state index contributed by atoms with van der Waals surface area (Å²) in [5.41, 5.74) is 0.539. The Bertz CT molecular complexity index is 187. The van der Waals surface area contributed by atoms with Crippen molar-refractivity contribution < 1.29 is 9.47 Å². The van der Waals surface area contributed by atoms with Gasteiger partial charge in [-0.3, -0.25) is 0 Å². The van der Waals surface area contributed by atoms with Crippen molar-refractivity contribution >= 4 is 0 Å². The molecule has 0 spiro atoms. The molecule has 16 heavy (non-hydrogen) atoms. The predicted octanol–water partition coefficient (Wildman–Crippen LogP) is 3.79. The minimum absolute atomic E-state index is 0.173. The molecule has 0 radical (unpaired) electrons. The molecule has 0 bridgehead atoms. The molecule has 1 aliphatic rings. The first-order chi connectivity index (χ1) is 7.47. The molecule has 2 heteroatoms. The van der Waals surface area contributed by atoms with Crippen molar-refractivity contribution in [2.45, 2.75) is 64.9 Å². The summed E-state index contributed by atoms with van der Waals surface area (Å²) in [6, 6.07) is 0. The zero-order chi connectivity index (χ0) is 12.1. The van der Waals surface area contributed by atoms with Crippen molar-refractivity contribution in [3.8, 4) is 0 Å². The average Bonchev–Trinajstić information content (AvgIpc) is 2.59. The molecule has 0 heterocycles. The smallest absolute Gasteiger partial charge is 0.0687 e. The maximum Gasteiger partial charge on any atom is 0.0687 e. The molecule has 96 valence electrons. The standard InChI is InChI=1S/C14H28O2/c1-13(2,3)12-14(8-5-6-9-14)16-11-7-10-15-4/h5-12H2,1-4H3. The summed E-state index contributed by atoms with van der Waals surface area (Å²) in [7, 11) is 1.75. The summed E-state index contributed by atoms with van der Waals surface area (Å²) in [6.07, 6.45) is 7.37. The second kappa shape index (κ2) is 6.02. The van der Waals surface area contributed by atoms with Crippen LogP contribution >= 0.6 is 0 Å². The molecule has 0 aromatic rings. The number of ether oxygens (including phenoxy) is 2. The van der Waals surface area contributed by atoms with Gasteiger partial charge in [0, 0.05) is 20.3 Å². The second-order valence-electron chi connectivity index (χ2n) is 6.32. The largest absolute Gasteiger partial charge is 0.385 e. The second-order valence-corrected chi connectivity index (χ2v) is 6.32. The number of methoxy groups -OCH3 is 1. The van der Waals surface area contributed by atoms with E-state index in [1.54, 1.807) is 7.11 Å². The van der Waals surface area contributed by atoms with Crippen molar-refractivity contribution in [3.05, 3.63) is 0 Å². The van der Waals surface area contributed by atoms with E-state index in [4.69, 9.17) is 9.47 Å². The summed E-state index contributed by atoms with van der Waals surface area (Å²) in [6.45, 7) is 8.60. The van der Waals surface area contributed by atoms with E-state index in [9.17, 15) is 0 Å². The quantitative estimate of drug-likeness (QED) is 0.644. The molecule has 1 saturated carbocycles. The summed E-state index contributed by atoms with van der Waals surface area (Å²) in [5, 5.41) is 0. The highest BCUT2D eigenvalue weighted by molar-refractivity contribution is 4.90. The van der Waals surface area contributed by atoms with Crippen molar-refractivity contribution in [3.63, 3.8) is 0 Å². The van der Waals surface area contributed by atoms with Crippen LogP contribution in [-0.2, 0) is 9.47 Å². The van der Waals surface area contributed by atoms with E-state index in [2.05, 4.69) is 20.8 Å². The summed E-state index contributed by atoms with van der Waals surface area (Å²) < 4.78 is 11.2. The van der Waals surface area contributed by atoms with E-state index in [1.165, 1.54) is 32.1 Å². The summed E-state index contributed by atoms with van der Waals surface area (Å²) in [5.74, 6) is 0. The Morgan fingerprint density at radius 2 is 1.69 bits per heavy atom. The highest BCUT2D eigenvalue weighted by Gasteiger charge is 2.37. The van der Waals surface area contributed by atoms with Crippen LogP contribution in [0.1, 0.15) is 59.3 Å². The normalized spacial score (nSPS) is 20.2. The molecule has 1 aliphatic carbocycles. The molecule has 1 fully saturated rings. The van der Waals surface area contributed by atoms with Crippen molar-refractivity contribution in [2.24, 2.45) is 5.41 Å². The lowest BCUT2D eigenvalue weighted by Gasteiger charge is -2.35. The maximum absolute atomic E-state index is 6.19. The molecule has 0 saturated heterocycles. The monoisotopic (exact) mass is 228 g/mol. The minimum Gasteiger partial charge on any atom is -0.385 e. The molecule has 0 aliphatic heterocycles. The fourth-order valence-electron chi connectivity index (χ4n) is 2.85. The minimum atomic E-state index is 0.173. The zero-order valence-corrected chi connectivity index (χ0v) is 11.5. The number of rotatable bonds is 6. The van der Waals surface area contributed by atoms with Crippen molar-refractivity contribution in [2.75, 3.05) is 20.3 Å². The van der Waals surface area contributed by atoms with E-state index in [0.29, 0.717) is 5.41 Å². The van der Waals surface area contributed by atoms with Gasteiger partial charge >= 0.3 is 0 Å². The van der Waals surface area contributed by atoms with Gasteiger partial charge in [0.15, 0.2) is 0 Å². The van der Waals surface area contributed by atoms with Gasteiger partial charge in [0.2, 0.25) is 0 Å². The van der Waals surface area contributed by atoms with E-state index in [0.717, 1.165) is 19.6 Å². The fourth-order valence-corrected chi connectivity index (χ4v) is 2.85. The highest BCUT2D eigenvalue weighted by atomic mass is 16.5. The van der Waals surface area contributed by atoms with Gasteiger partial charge in [-0.25, -0.2) is 0 Å². The van der Waals surface area contributed by atoms with Crippen LogP contribution in [0.5, 0.6) is 0 Å². The Hall–Kier alpha value is -0.0800. The van der Waals surface area contributed by atoms with Crippen LogP contribution in [0.25, 0.3) is 0 Å². The molecule has 0 unspecified atom stereocenters. The van der Waals surface area contributed by atoms with E-state index < -0.39 is 0 Å². The third-order valence-electron chi connectivity index (χ3n) is 3.27. The molecule has 0 aromatic heterocycles. The maximum atomic E-state index is 6.19. The molecule has 0 amide bonds. The topological polar surface area (TPSA) is 18.5 Å². The van der Waals surface area contributed by atoms with Crippen LogP contribution < -0.4 is 0 Å². The number of hydrogen-bond donors (Lipinski definition) is 0. The van der Waals surface area contributed by atoms with Gasteiger partial charge in [-0.05, 0) is 31.1 Å². The van der Waals surface area contributed by atoms with Gasteiger partial charge in [-0.1, -0.05) is 33.6 Å². The third kappa shape index (κ3) is 4.84. The van der Waals surface area contributed by atoms with Crippen LogP contribution in [0, 0.1) is 5.41 Å². The van der Waals surface area contributed by atoms with Gasteiger partial charge in [-0.2, -0.15) is 0 Å². The highest BCUT2D eigenvalue weighted by Crippen LogP contribution is 2.41. The van der Waals surface area contributed by atoms with E-state index in [-0.39, 0.29) is 5.60 Å². The number of hydrogen-bond acceptors (Lipinski definition) is 2. The summed E-state index contributed by atoms with van der Waals surface area (Å²) >= 11 is 0. The lowest BCUT2D eigenvalue weighted by atomic mass is 9.81. The lowest BCUT2D eigenvalue weighted by Crippen LogP contribution is -2.34. The van der Waals surface area contributed by atoms with Gasteiger partial charge in [0.1, 0.15) is 0 Å². The molecule has 1 rings (SSSR count). The average molecular weight is 228 g/mol.